The van der Waals surface area contributed by atoms with Crippen LogP contribution < -0.4 is 5.64 Å². The van der Waals surface area contributed by atoms with Gasteiger partial charge in [-0.05, 0) is 5.64 Å². The minimum absolute atomic E-state index is 0.341. The van der Waals surface area contributed by atoms with Gasteiger partial charge in [0.2, 0.25) is 0 Å². The van der Waals surface area contributed by atoms with Crippen molar-refractivity contribution in [2.45, 2.75) is 0 Å². The molecule has 0 amide bonds. The molecule has 0 atom stereocenters. The predicted octanol–water partition coefficient (Wildman–Crippen LogP) is -0.463. The third-order valence-electron chi connectivity index (χ3n) is 0.531. The zero-order valence-electron chi connectivity index (χ0n) is 7.21. The summed E-state index contributed by atoms with van der Waals surface area (Å²) in [4.78, 5) is 9.73. The number of rotatable bonds is 4. The Kier molecular flexibility index (Phi) is 3.77. The van der Waals surface area contributed by atoms with Crippen LogP contribution in [0.1, 0.15) is 0 Å². The maximum Gasteiger partial charge on any atom is 0.100 e. The van der Waals surface area contributed by atoms with Crippen molar-refractivity contribution in [1.29, 1.82) is 0 Å². The monoisotopic (exact) mass is 150 g/mol. The average Bonchev–Trinajstić information content (AvgIpc) is 1.59. The van der Waals surface area contributed by atoms with Gasteiger partial charge in [-0.15, -0.1) is 0 Å². The van der Waals surface area contributed by atoms with Crippen molar-refractivity contribution in [2.75, 3.05) is 35.2 Å². The Bertz CT molecular complexity index is 89.4. The van der Waals surface area contributed by atoms with Gasteiger partial charge in [0, 0.05) is 14.1 Å². The number of hydrogen-bond acceptors (Lipinski definition) is 4. The molecule has 5 heteroatoms. The summed E-state index contributed by atoms with van der Waals surface area (Å²) in [6.07, 6.45) is 0. The Hall–Kier alpha value is -0.200. The molecule has 0 bridgehead atoms. The summed E-state index contributed by atoms with van der Waals surface area (Å²) in [6.45, 7) is 0. The summed E-state index contributed by atoms with van der Waals surface area (Å²) < 4.78 is 0.341. The zero-order valence-corrected chi connectivity index (χ0v) is 7.21. The van der Waals surface area contributed by atoms with E-state index in [1.165, 1.54) is 5.06 Å². The lowest BCUT2D eigenvalue weighted by atomic mass is 11.0. The molecule has 0 radical (unpaired) electrons. The molecule has 0 aromatic heterocycles. The minimum Gasteiger partial charge on any atom is -0.181 e. The normalized spacial score (nSPS) is 12.6. The molecule has 0 aliphatic carbocycles. The third kappa shape index (κ3) is 7.80. The van der Waals surface area contributed by atoms with Crippen molar-refractivity contribution in [3.63, 3.8) is 0 Å². The van der Waals surface area contributed by atoms with Gasteiger partial charge in [-0.1, -0.05) is 4.94 Å². The van der Waals surface area contributed by atoms with E-state index in [0.29, 0.717) is 4.65 Å². The highest BCUT2D eigenvalue weighted by molar-refractivity contribution is 3.97. The Morgan fingerprint density at radius 3 is 2.00 bits per heavy atom. The molecule has 0 aromatic rings. The number of quaternary nitrogens is 1. The third-order valence-corrected chi connectivity index (χ3v) is 0.531. The molecule has 0 fully saturated rings. The number of hydrogen-bond donors (Lipinski definition) is 1. The van der Waals surface area contributed by atoms with E-state index in [2.05, 4.69) is 5.64 Å². The van der Waals surface area contributed by atoms with Crippen LogP contribution in [0.2, 0.25) is 0 Å². The van der Waals surface area contributed by atoms with Crippen molar-refractivity contribution < 1.29 is 14.5 Å². The molecule has 0 aromatic carbocycles. The molecule has 0 aliphatic heterocycles. The van der Waals surface area contributed by atoms with Crippen molar-refractivity contribution in [2.24, 2.45) is 0 Å². The van der Waals surface area contributed by atoms with Crippen LogP contribution >= 0.6 is 0 Å². The molecule has 1 N–H and O–H groups in total. The Balaban J connectivity index is 3.21. The van der Waals surface area contributed by atoms with E-state index in [0.717, 1.165) is 0 Å². The molecule has 0 saturated carbocycles. The fourth-order valence-electron chi connectivity index (χ4n) is 0.203. The van der Waals surface area contributed by atoms with Gasteiger partial charge in [0.25, 0.3) is 0 Å². The van der Waals surface area contributed by atoms with E-state index >= 15 is 0 Å². The fraction of sp³-hybridized carbons (Fsp3) is 1.00. The number of hydroxylamine groups is 5. The van der Waals surface area contributed by atoms with Crippen molar-refractivity contribution in [3.05, 3.63) is 0 Å². The quantitative estimate of drug-likeness (QED) is 0.434. The zero-order chi connectivity index (χ0) is 8.20. The maximum absolute atomic E-state index is 4.96. The Labute approximate surface area is 61.5 Å². The van der Waals surface area contributed by atoms with Gasteiger partial charge in [-0.3, -0.25) is 0 Å². The number of nitrogens with zero attached hydrogens (tertiary/aromatic N) is 2. The first-order chi connectivity index (χ1) is 4.42. The van der Waals surface area contributed by atoms with Gasteiger partial charge in [0.1, 0.15) is 21.1 Å². The molecule has 0 heterocycles. The lowest BCUT2D eigenvalue weighted by Crippen LogP contribution is -2.41. The molecular formula is C5H16N3O2+. The average molecular weight is 150 g/mol. The highest BCUT2D eigenvalue weighted by atomic mass is 17.1. The van der Waals surface area contributed by atoms with Gasteiger partial charge in [-0.25, -0.2) is 0 Å². The molecule has 0 saturated heterocycles. The highest BCUT2D eigenvalue weighted by Gasteiger charge is 2.07. The second-order valence-corrected chi connectivity index (χ2v) is 2.97. The van der Waals surface area contributed by atoms with Crippen molar-refractivity contribution in [3.8, 4) is 0 Å². The summed E-state index contributed by atoms with van der Waals surface area (Å²) in [6, 6.07) is 0. The van der Waals surface area contributed by atoms with Crippen LogP contribution in [0.5, 0.6) is 0 Å². The first-order valence-electron chi connectivity index (χ1n) is 3.01. The fourth-order valence-corrected chi connectivity index (χ4v) is 0.203. The minimum atomic E-state index is 0.341. The van der Waals surface area contributed by atoms with E-state index in [1.54, 1.807) is 14.1 Å². The summed E-state index contributed by atoms with van der Waals surface area (Å²) in [5.41, 5.74) is 2.32. The second kappa shape index (κ2) is 3.85. The van der Waals surface area contributed by atoms with Gasteiger partial charge < -0.3 is 0 Å². The summed E-state index contributed by atoms with van der Waals surface area (Å²) in [7, 11) is 9.11. The molecule has 10 heavy (non-hydrogen) atoms. The van der Waals surface area contributed by atoms with Crippen LogP contribution in [-0.2, 0) is 9.88 Å². The van der Waals surface area contributed by atoms with E-state index in [9.17, 15) is 0 Å². The van der Waals surface area contributed by atoms with Gasteiger partial charge in [0.05, 0.1) is 0 Å². The van der Waals surface area contributed by atoms with E-state index in [-0.39, 0.29) is 0 Å². The van der Waals surface area contributed by atoms with E-state index in [4.69, 9.17) is 9.88 Å². The van der Waals surface area contributed by atoms with Crippen molar-refractivity contribution in [1.82, 2.24) is 10.7 Å². The smallest absolute Gasteiger partial charge is 0.100 e. The van der Waals surface area contributed by atoms with Gasteiger partial charge in [0.15, 0.2) is 0 Å². The Morgan fingerprint density at radius 2 is 1.70 bits per heavy atom. The SMILES string of the molecule is CN(C)ONO[N+](C)(C)C. The van der Waals surface area contributed by atoms with Crippen LogP contribution in [0.3, 0.4) is 0 Å². The Morgan fingerprint density at radius 1 is 1.20 bits per heavy atom. The van der Waals surface area contributed by atoms with E-state index < -0.39 is 0 Å². The first kappa shape index (κ1) is 9.80. The summed E-state index contributed by atoms with van der Waals surface area (Å²) in [5.74, 6) is 0. The van der Waals surface area contributed by atoms with Crippen LogP contribution in [0, 0.1) is 0 Å². The first-order valence-corrected chi connectivity index (χ1v) is 3.01. The molecule has 5 nitrogen and oxygen atoms in total. The maximum atomic E-state index is 4.96. The number of nitrogens with one attached hydrogen (secondary N) is 1. The standard InChI is InChI=1S/C5H16N3O2/c1-7(2)9-6-10-8(3,4)5/h6H,1-5H3/q+1. The van der Waals surface area contributed by atoms with Crippen LogP contribution in [0.25, 0.3) is 0 Å². The van der Waals surface area contributed by atoms with Gasteiger partial charge >= 0.3 is 0 Å². The molecule has 0 aliphatic rings. The lowest BCUT2D eigenvalue weighted by molar-refractivity contribution is -1.08. The molecule has 62 valence electrons. The van der Waals surface area contributed by atoms with E-state index in [1.807, 2.05) is 21.1 Å². The van der Waals surface area contributed by atoms with Crippen LogP contribution in [-0.4, -0.2) is 44.9 Å². The molecular weight excluding hydrogens is 134 g/mol. The molecule has 0 spiro atoms. The summed E-state index contributed by atoms with van der Waals surface area (Å²) in [5, 5.41) is 1.50. The predicted molar refractivity (Wildman–Crippen MR) is 37.0 cm³/mol. The highest BCUT2D eigenvalue weighted by Crippen LogP contribution is 1.87. The molecule has 0 rings (SSSR count). The van der Waals surface area contributed by atoms with Crippen molar-refractivity contribution >= 4 is 0 Å². The van der Waals surface area contributed by atoms with Crippen LogP contribution in [0.15, 0.2) is 0 Å². The lowest BCUT2D eigenvalue weighted by Gasteiger charge is -2.20. The largest absolute Gasteiger partial charge is 0.181 e. The summed E-state index contributed by atoms with van der Waals surface area (Å²) >= 11 is 0. The molecule has 0 unspecified atom stereocenters. The van der Waals surface area contributed by atoms with Crippen LogP contribution in [0.4, 0.5) is 0 Å². The second-order valence-electron chi connectivity index (χ2n) is 2.97. The topological polar surface area (TPSA) is 33.7 Å². The van der Waals surface area contributed by atoms with Gasteiger partial charge in [-0.2, -0.15) is 14.6 Å².